The van der Waals surface area contributed by atoms with Crippen molar-refractivity contribution in [3.8, 4) is 0 Å². The average molecular weight is 333 g/mol. The van der Waals surface area contributed by atoms with Gasteiger partial charge >= 0.3 is 5.97 Å². The van der Waals surface area contributed by atoms with E-state index in [0.717, 1.165) is 12.8 Å². The van der Waals surface area contributed by atoms with Crippen LogP contribution in [0.25, 0.3) is 11.0 Å². The van der Waals surface area contributed by atoms with Crippen LogP contribution < -0.4 is 5.32 Å². The van der Waals surface area contributed by atoms with Gasteiger partial charge in [0.05, 0.1) is 12.0 Å². The molecule has 0 saturated carbocycles. The zero-order valence-corrected chi connectivity index (χ0v) is 14.0. The van der Waals surface area contributed by atoms with Gasteiger partial charge in [0.15, 0.2) is 0 Å². The van der Waals surface area contributed by atoms with Gasteiger partial charge < -0.3 is 19.9 Å². The molecule has 0 spiro atoms. The van der Waals surface area contributed by atoms with E-state index < -0.39 is 11.6 Å². The second kappa shape index (κ2) is 7.49. The number of carbonyl (C=O) groups excluding carboxylic acids is 1. The highest BCUT2D eigenvalue weighted by Crippen LogP contribution is 2.26. The van der Waals surface area contributed by atoms with Crippen molar-refractivity contribution in [1.82, 2.24) is 0 Å². The number of carbonyl (C=O) groups is 2. The van der Waals surface area contributed by atoms with E-state index >= 15 is 0 Å². The Kier molecular flexibility index (Phi) is 5.62. The van der Waals surface area contributed by atoms with Gasteiger partial charge in [0.25, 0.3) is 0 Å². The lowest BCUT2D eigenvalue weighted by atomic mass is 9.89. The number of carboxylic acid groups (broad SMARTS) is 1. The van der Waals surface area contributed by atoms with Crippen LogP contribution in [0.3, 0.4) is 0 Å². The van der Waals surface area contributed by atoms with E-state index in [1.54, 1.807) is 18.2 Å². The van der Waals surface area contributed by atoms with Crippen LogP contribution in [-0.4, -0.2) is 27.7 Å². The van der Waals surface area contributed by atoms with Crippen LogP contribution in [0.2, 0.25) is 0 Å². The number of aromatic carboxylic acids is 1. The lowest BCUT2D eigenvalue weighted by molar-refractivity contribution is -0.121. The highest BCUT2D eigenvalue weighted by atomic mass is 16.4. The zero-order chi connectivity index (χ0) is 17.7. The summed E-state index contributed by atoms with van der Waals surface area (Å²) in [6.07, 6.45) is 2.82. The van der Waals surface area contributed by atoms with Gasteiger partial charge in [-0.25, -0.2) is 4.79 Å². The quantitative estimate of drug-likeness (QED) is 0.682. The van der Waals surface area contributed by atoms with Crippen molar-refractivity contribution < 1.29 is 24.2 Å². The van der Waals surface area contributed by atoms with E-state index in [-0.39, 0.29) is 18.1 Å². The van der Waals surface area contributed by atoms with Crippen molar-refractivity contribution >= 4 is 28.5 Å². The Balaban J connectivity index is 2.10. The number of amides is 1. The molecule has 0 atom stereocenters. The lowest BCUT2D eigenvalue weighted by Crippen LogP contribution is -2.33. The zero-order valence-electron chi connectivity index (χ0n) is 14.0. The molecule has 0 fully saturated rings. The first kappa shape index (κ1) is 18.0. The molecule has 0 bridgehead atoms. The summed E-state index contributed by atoms with van der Waals surface area (Å²) in [7, 11) is 0. The van der Waals surface area contributed by atoms with Crippen LogP contribution in [0.5, 0.6) is 0 Å². The van der Waals surface area contributed by atoms with Crippen molar-refractivity contribution in [2.24, 2.45) is 0 Å². The van der Waals surface area contributed by atoms with E-state index in [9.17, 15) is 14.7 Å². The van der Waals surface area contributed by atoms with Crippen molar-refractivity contribution in [1.29, 1.82) is 0 Å². The molecule has 6 nitrogen and oxygen atoms in total. The van der Waals surface area contributed by atoms with E-state index in [0.29, 0.717) is 29.5 Å². The highest BCUT2D eigenvalue weighted by molar-refractivity contribution is 5.96. The molecule has 0 aliphatic carbocycles. The van der Waals surface area contributed by atoms with Crippen molar-refractivity contribution in [2.75, 3.05) is 5.32 Å². The molecule has 0 aliphatic heterocycles. The monoisotopic (exact) mass is 333 g/mol. The molecule has 1 aromatic heterocycles. The molecule has 1 aromatic carbocycles. The second-order valence-electron chi connectivity index (χ2n) is 6.12. The minimum absolute atomic E-state index is 0.0402. The fraction of sp³-hybridized carbons (Fsp3) is 0.444. The van der Waals surface area contributed by atoms with Gasteiger partial charge in [-0.1, -0.05) is 26.7 Å². The summed E-state index contributed by atoms with van der Waals surface area (Å²) in [5.41, 5.74) is 0.00327. The first-order valence-electron chi connectivity index (χ1n) is 8.16. The first-order chi connectivity index (χ1) is 11.4. The number of carboxylic acids is 1. The highest BCUT2D eigenvalue weighted by Gasteiger charge is 2.28. The van der Waals surface area contributed by atoms with Crippen LogP contribution in [-0.2, 0) is 4.79 Å². The van der Waals surface area contributed by atoms with Gasteiger partial charge in [0, 0.05) is 11.1 Å². The maximum atomic E-state index is 12.2. The average Bonchev–Trinajstić information content (AvgIpc) is 2.90. The largest absolute Gasteiger partial charge is 0.475 e. The lowest BCUT2D eigenvalue weighted by Gasteiger charge is -2.26. The Morgan fingerprint density at radius 3 is 2.42 bits per heavy atom. The number of hydrogen-bond donors (Lipinski definition) is 3. The standard InChI is InChI=1S/C18H23NO5/c1-3-7-18(23,8-4-2)11-16(20)19-13-5-6-14-12(9-13)10-15(24-14)17(21)22/h5-6,9-10,23H,3-4,7-8,11H2,1-2H3,(H,19,20)(H,21,22). The van der Waals surface area contributed by atoms with E-state index in [2.05, 4.69) is 5.32 Å². The summed E-state index contributed by atoms with van der Waals surface area (Å²) in [4.78, 5) is 23.2. The maximum absolute atomic E-state index is 12.2. The Hall–Kier alpha value is -2.34. The fourth-order valence-corrected chi connectivity index (χ4v) is 2.96. The van der Waals surface area contributed by atoms with Gasteiger partial charge in [0.1, 0.15) is 5.58 Å². The SMILES string of the molecule is CCCC(O)(CCC)CC(=O)Nc1ccc2oc(C(=O)O)cc2c1. The summed E-state index contributed by atoms with van der Waals surface area (Å²) < 4.78 is 5.18. The summed E-state index contributed by atoms with van der Waals surface area (Å²) in [5, 5.41) is 22.8. The molecule has 0 radical (unpaired) electrons. The molecule has 3 N–H and O–H groups in total. The molecule has 2 rings (SSSR count). The number of rotatable bonds is 8. The molecule has 1 heterocycles. The second-order valence-corrected chi connectivity index (χ2v) is 6.12. The number of hydrogen-bond acceptors (Lipinski definition) is 4. The third-order valence-corrected chi connectivity index (χ3v) is 3.93. The minimum atomic E-state index is -1.14. The predicted octanol–water partition coefficient (Wildman–Crippen LogP) is 3.79. The van der Waals surface area contributed by atoms with Crippen molar-refractivity contribution in [2.45, 2.75) is 51.6 Å². The summed E-state index contributed by atoms with van der Waals surface area (Å²) in [5.74, 6) is -1.55. The van der Waals surface area contributed by atoms with Crippen LogP contribution in [0.15, 0.2) is 28.7 Å². The Labute approximate surface area is 140 Å². The minimum Gasteiger partial charge on any atom is -0.475 e. The number of nitrogens with one attached hydrogen (secondary N) is 1. The fourth-order valence-electron chi connectivity index (χ4n) is 2.96. The topological polar surface area (TPSA) is 99.8 Å². The number of anilines is 1. The summed E-state index contributed by atoms with van der Waals surface area (Å²) >= 11 is 0. The van der Waals surface area contributed by atoms with Gasteiger partial charge in [-0.3, -0.25) is 4.79 Å². The van der Waals surface area contributed by atoms with Crippen molar-refractivity contribution in [3.63, 3.8) is 0 Å². The van der Waals surface area contributed by atoms with Crippen LogP contribution in [0.4, 0.5) is 5.69 Å². The molecule has 0 saturated heterocycles. The molecule has 130 valence electrons. The van der Waals surface area contributed by atoms with Gasteiger partial charge in [0.2, 0.25) is 11.7 Å². The van der Waals surface area contributed by atoms with E-state index in [4.69, 9.17) is 9.52 Å². The third kappa shape index (κ3) is 4.35. The van der Waals surface area contributed by atoms with Gasteiger partial charge in [-0.05, 0) is 37.1 Å². The van der Waals surface area contributed by atoms with Crippen LogP contribution >= 0.6 is 0 Å². The molecule has 0 aliphatic rings. The molecule has 0 unspecified atom stereocenters. The van der Waals surface area contributed by atoms with E-state index in [1.165, 1.54) is 6.07 Å². The van der Waals surface area contributed by atoms with E-state index in [1.807, 2.05) is 13.8 Å². The van der Waals surface area contributed by atoms with Crippen LogP contribution in [0, 0.1) is 0 Å². The van der Waals surface area contributed by atoms with Gasteiger partial charge in [-0.15, -0.1) is 0 Å². The summed E-state index contributed by atoms with van der Waals surface area (Å²) in [6.45, 7) is 3.96. The number of aliphatic hydroxyl groups is 1. The number of benzene rings is 1. The van der Waals surface area contributed by atoms with Crippen molar-refractivity contribution in [3.05, 3.63) is 30.0 Å². The Bertz CT molecular complexity index is 728. The number of furan rings is 1. The first-order valence-corrected chi connectivity index (χ1v) is 8.16. The Morgan fingerprint density at radius 2 is 1.83 bits per heavy atom. The third-order valence-electron chi connectivity index (χ3n) is 3.93. The molecule has 6 heteroatoms. The molecule has 2 aromatic rings. The van der Waals surface area contributed by atoms with Crippen LogP contribution in [0.1, 0.15) is 56.5 Å². The number of fused-ring (bicyclic) bond motifs is 1. The Morgan fingerprint density at radius 1 is 1.17 bits per heavy atom. The molecular formula is C18H23NO5. The molecule has 24 heavy (non-hydrogen) atoms. The normalized spacial score (nSPS) is 11.6. The maximum Gasteiger partial charge on any atom is 0.371 e. The smallest absolute Gasteiger partial charge is 0.371 e. The molecular weight excluding hydrogens is 310 g/mol. The van der Waals surface area contributed by atoms with Gasteiger partial charge in [-0.2, -0.15) is 0 Å². The molecule has 1 amide bonds. The summed E-state index contributed by atoms with van der Waals surface area (Å²) in [6, 6.07) is 6.33. The predicted molar refractivity (Wildman–Crippen MR) is 91.2 cm³/mol.